The molecule has 1 N–H and O–H groups in total. The molecule has 3 rings (SSSR count). The molecule has 0 saturated heterocycles. The van der Waals surface area contributed by atoms with Crippen molar-refractivity contribution in [2.75, 3.05) is 7.11 Å². The highest BCUT2D eigenvalue weighted by molar-refractivity contribution is 5.81. The minimum Gasteiger partial charge on any atom is -0.497 e. The number of rotatable bonds is 6. The zero-order valence-corrected chi connectivity index (χ0v) is 18.2. The summed E-state index contributed by atoms with van der Waals surface area (Å²) in [7, 11) is 1.63. The first-order valence-electron chi connectivity index (χ1n) is 10.1. The number of fused-ring (bicyclic) bond motifs is 1. The molecule has 1 aliphatic rings. The van der Waals surface area contributed by atoms with Gasteiger partial charge >= 0.3 is 0 Å². The lowest BCUT2D eigenvalue weighted by molar-refractivity contribution is -0.129. The van der Waals surface area contributed by atoms with Crippen molar-refractivity contribution >= 4 is 5.91 Å². The van der Waals surface area contributed by atoms with Crippen LogP contribution in [0.5, 0.6) is 17.2 Å². The molecule has 2 atom stereocenters. The number of hydrogen-bond donors (Lipinski definition) is 1. The smallest absolute Gasteiger partial charge is 0.261 e. The first kappa shape index (κ1) is 21.0. The molecule has 0 aliphatic carbocycles. The van der Waals surface area contributed by atoms with Crippen LogP contribution < -0.4 is 19.5 Å². The van der Waals surface area contributed by atoms with E-state index in [0.29, 0.717) is 12.8 Å². The Morgan fingerprint density at radius 1 is 1.28 bits per heavy atom. The second-order valence-corrected chi connectivity index (χ2v) is 8.24. The molecule has 1 aliphatic heterocycles. The number of nitrogens with one attached hydrogen (secondary N) is 1. The van der Waals surface area contributed by atoms with Crippen LogP contribution in [0.3, 0.4) is 0 Å². The van der Waals surface area contributed by atoms with E-state index in [1.54, 1.807) is 7.11 Å². The minimum absolute atomic E-state index is 0.120. The summed E-state index contributed by atoms with van der Waals surface area (Å²) in [5.74, 6) is 2.15. The van der Waals surface area contributed by atoms with Gasteiger partial charge in [0.25, 0.3) is 5.91 Å². The molecule has 0 fully saturated rings. The van der Waals surface area contributed by atoms with Gasteiger partial charge < -0.3 is 19.5 Å². The van der Waals surface area contributed by atoms with Crippen LogP contribution in [0.2, 0.25) is 0 Å². The topological polar surface area (TPSA) is 56.8 Å². The van der Waals surface area contributed by atoms with Crippen molar-refractivity contribution in [2.24, 2.45) is 0 Å². The van der Waals surface area contributed by atoms with E-state index >= 15 is 0 Å². The maximum Gasteiger partial charge on any atom is 0.261 e. The van der Waals surface area contributed by atoms with E-state index in [-0.39, 0.29) is 17.6 Å². The predicted molar refractivity (Wildman–Crippen MR) is 114 cm³/mol. The molecule has 29 heavy (non-hydrogen) atoms. The van der Waals surface area contributed by atoms with Gasteiger partial charge in [-0.05, 0) is 69.5 Å². The van der Waals surface area contributed by atoms with Crippen LogP contribution in [0.15, 0.2) is 36.4 Å². The maximum absolute atomic E-state index is 13.1. The van der Waals surface area contributed by atoms with Gasteiger partial charge in [0.2, 0.25) is 0 Å². The lowest BCUT2D eigenvalue weighted by Crippen LogP contribution is -2.45. The van der Waals surface area contributed by atoms with Crippen molar-refractivity contribution in [3.05, 3.63) is 53.1 Å². The van der Waals surface area contributed by atoms with Gasteiger partial charge in [0.1, 0.15) is 22.8 Å². The molecular weight excluding hydrogens is 366 g/mol. The van der Waals surface area contributed by atoms with Crippen molar-refractivity contribution in [3.63, 3.8) is 0 Å². The Kier molecular flexibility index (Phi) is 6.06. The Morgan fingerprint density at radius 3 is 2.72 bits per heavy atom. The zero-order valence-electron chi connectivity index (χ0n) is 18.2. The quantitative estimate of drug-likeness (QED) is 0.754. The third-order valence-corrected chi connectivity index (χ3v) is 5.48. The molecule has 5 heteroatoms. The average Bonchev–Trinajstić information content (AvgIpc) is 2.68. The van der Waals surface area contributed by atoms with E-state index in [1.165, 1.54) is 0 Å². The molecule has 0 spiro atoms. The van der Waals surface area contributed by atoms with Crippen molar-refractivity contribution in [3.8, 4) is 17.2 Å². The highest BCUT2D eigenvalue weighted by Crippen LogP contribution is 2.41. The van der Waals surface area contributed by atoms with Crippen LogP contribution in [-0.4, -0.2) is 24.7 Å². The maximum atomic E-state index is 13.1. The van der Waals surface area contributed by atoms with Crippen LogP contribution >= 0.6 is 0 Å². The number of amides is 1. The molecule has 5 nitrogen and oxygen atoms in total. The van der Waals surface area contributed by atoms with E-state index in [0.717, 1.165) is 33.9 Å². The summed E-state index contributed by atoms with van der Waals surface area (Å²) in [5.41, 5.74) is 2.75. The summed E-state index contributed by atoms with van der Waals surface area (Å²) in [5, 5.41) is 3.19. The van der Waals surface area contributed by atoms with E-state index in [4.69, 9.17) is 14.2 Å². The molecule has 2 aromatic rings. The standard InChI is InChI=1S/C24H31NO4/c1-7-20(28-21-10-8-9-15(2)16(21)3)23(26)25-19-14-24(4,5)29-22-12-11-17(27-6)13-18(19)22/h8-13,19-20H,7,14H2,1-6H3,(H,25,26)/t19-,20-/m0/s1. The van der Waals surface area contributed by atoms with Gasteiger partial charge in [-0.15, -0.1) is 0 Å². The van der Waals surface area contributed by atoms with Gasteiger partial charge in [0, 0.05) is 12.0 Å². The fourth-order valence-corrected chi connectivity index (χ4v) is 3.68. The Labute approximate surface area is 173 Å². The van der Waals surface area contributed by atoms with Crippen molar-refractivity contribution in [1.82, 2.24) is 5.32 Å². The highest BCUT2D eigenvalue weighted by atomic mass is 16.5. The fraction of sp³-hybridized carbons (Fsp3) is 0.458. The predicted octanol–water partition coefficient (Wildman–Crippen LogP) is 4.89. The monoisotopic (exact) mass is 397 g/mol. The number of ether oxygens (including phenoxy) is 3. The number of methoxy groups -OCH3 is 1. The molecule has 0 saturated carbocycles. The number of carbonyl (C=O) groups excluding carboxylic acids is 1. The largest absolute Gasteiger partial charge is 0.497 e. The molecule has 1 amide bonds. The third kappa shape index (κ3) is 4.66. The summed E-state index contributed by atoms with van der Waals surface area (Å²) in [6, 6.07) is 11.4. The fourth-order valence-electron chi connectivity index (χ4n) is 3.68. The number of carbonyl (C=O) groups is 1. The molecule has 0 unspecified atom stereocenters. The second-order valence-electron chi connectivity index (χ2n) is 8.24. The van der Waals surface area contributed by atoms with Crippen LogP contribution in [0.1, 0.15) is 56.3 Å². The van der Waals surface area contributed by atoms with Crippen molar-refractivity contribution < 1.29 is 19.0 Å². The SMILES string of the molecule is CC[C@H](Oc1cccc(C)c1C)C(=O)N[C@H]1CC(C)(C)Oc2ccc(OC)cc21. The molecular formula is C24H31NO4. The lowest BCUT2D eigenvalue weighted by Gasteiger charge is -2.38. The van der Waals surface area contributed by atoms with Gasteiger partial charge in [0.05, 0.1) is 13.2 Å². The zero-order chi connectivity index (χ0) is 21.2. The number of benzene rings is 2. The van der Waals surface area contributed by atoms with Gasteiger partial charge in [-0.3, -0.25) is 4.79 Å². The van der Waals surface area contributed by atoms with Crippen LogP contribution in [0, 0.1) is 13.8 Å². The molecule has 0 radical (unpaired) electrons. The average molecular weight is 398 g/mol. The van der Waals surface area contributed by atoms with Crippen LogP contribution in [0.4, 0.5) is 0 Å². The van der Waals surface area contributed by atoms with E-state index < -0.39 is 6.10 Å². The van der Waals surface area contributed by atoms with Crippen molar-refractivity contribution in [1.29, 1.82) is 0 Å². The first-order chi connectivity index (χ1) is 13.7. The molecule has 0 aromatic heterocycles. The summed E-state index contributed by atoms with van der Waals surface area (Å²) in [4.78, 5) is 13.1. The molecule has 0 bridgehead atoms. The molecule has 2 aromatic carbocycles. The van der Waals surface area contributed by atoms with E-state index in [1.807, 2.05) is 71.0 Å². The number of hydrogen-bond acceptors (Lipinski definition) is 4. The van der Waals surface area contributed by atoms with Gasteiger partial charge in [-0.2, -0.15) is 0 Å². The number of aryl methyl sites for hydroxylation is 1. The van der Waals surface area contributed by atoms with Gasteiger partial charge in [0.15, 0.2) is 6.10 Å². The van der Waals surface area contributed by atoms with Crippen molar-refractivity contribution in [2.45, 2.75) is 65.2 Å². The highest BCUT2D eigenvalue weighted by Gasteiger charge is 2.36. The Balaban J connectivity index is 1.82. The third-order valence-electron chi connectivity index (χ3n) is 5.48. The first-order valence-corrected chi connectivity index (χ1v) is 10.1. The summed E-state index contributed by atoms with van der Waals surface area (Å²) in [6.45, 7) is 10.1. The second kappa shape index (κ2) is 8.36. The van der Waals surface area contributed by atoms with E-state index in [2.05, 4.69) is 5.32 Å². The normalized spacial score (nSPS) is 18.2. The Morgan fingerprint density at radius 2 is 2.03 bits per heavy atom. The minimum atomic E-state index is -0.560. The van der Waals surface area contributed by atoms with Gasteiger partial charge in [-0.25, -0.2) is 0 Å². The molecule has 1 heterocycles. The van der Waals surface area contributed by atoms with Crippen LogP contribution in [0.25, 0.3) is 0 Å². The van der Waals surface area contributed by atoms with E-state index in [9.17, 15) is 4.79 Å². The Bertz CT molecular complexity index is 890. The van der Waals surface area contributed by atoms with Crippen LogP contribution in [-0.2, 0) is 4.79 Å². The summed E-state index contributed by atoms with van der Waals surface area (Å²) < 4.78 is 17.6. The molecule has 156 valence electrons. The lowest BCUT2D eigenvalue weighted by atomic mass is 9.89. The summed E-state index contributed by atoms with van der Waals surface area (Å²) in [6.07, 6.45) is 0.686. The van der Waals surface area contributed by atoms with Gasteiger partial charge in [-0.1, -0.05) is 19.1 Å². The summed E-state index contributed by atoms with van der Waals surface area (Å²) >= 11 is 0. The Hall–Kier alpha value is -2.69.